The van der Waals surface area contributed by atoms with Gasteiger partial charge in [0.1, 0.15) is 0 Å². The Balaban J connectivity index is 2.42. The molecular weight excluding hydrogens is 212 g/mol. The molecule has 0 saturated heterocycles. The van der Waals surface area contributed by atoms with Crippen molar-refractivity contribution in [1.82, 2.24) is 5.32 Å². The van der Waals surface area contributed by atoms with E-state index in [4.69, 9.17) is 0 Å². The Hall–Kier alpha value is -1.51. The molecule has 0 aliphatic rings. The molecular formula is C14H22N2O. The van der Waals surface area contributed by atoms with Crippen molar-refractivity contribution < 1.29 is 4.79 Å². The third-order valence-corrected chi connectivity index (χ3v) is 2.59. The summed E-state index contributed by atoms with van der Waals surface area (Å²) in [6.45, 7) is 5.77. The highest BCUT2D eigenvalue weighted by atomic mass is 16.1. The number of carbonyl (C=O) groups excluding carboxylic acids is 1. The number of rotatable bonds is 7. The molecule has 0 radical (unpaired) electrons. The Bertz CT molecular complexity index is 333. The Morgan fingerprint density at radius 1 is 1.12 bits per heavy atom. The van der Waals surface area contributed by atoms with E-state index in [1.807, 2.05) is 31.2 Å². The maximum absolute atomic E-state index is 11.5. The summed E-state index contributed by atoms with van der Waals surface area (Å²) < 4.78 is 0. The molecule has 0 aliphatic carbocycles. The lowest BCUT2D eigenvalue weighted by atomic mass is 10.2. The smallest absolute Gasteiger partial charge is 0.251 e. The highest BCUT2D eigenvalue weighted by Gasteiger charge is 2.02. The molecule has 1 aromatic carbocycles. The lowest BCUT2D eigenvalue weighted by Crippen LogP contribution is -2.22. The van der Waals surface area contributed by atoms with Gasteiger partial charge in [0.2, 0.25) is 0 Å². The highest BCUT2D eigenvalue weighted by molar-refractivity contribution is 5.94. The Morgan fingerprint density at radius 2 is 1.82 bits per heavy atom. The van der Waals surface area contributed by atoms with Gasteiger partial charge >= 0.3 is 0 Å². The van der Waals surface area contributed by atoms with Gasteiger partial charge in [0.15, 0.2) is 0 Å². The average Bonchev–Trinajstić information content (AvgIpc) is 2.36. The largest absolute Gasteiger partial charge is 0.385 e. The van der Waals surface area contributed by atoms with Crippen molar-refractivity contribution in [3.8, 4) is 0 Å². The second kappa shape index (κ2) is 7.71. The average molecular weight is 234 g/mol. The molecule has 1 aromatic rings. The molecule has 0 heterocycles. The molecule has 94 valence electrons. The van der Waals surface area contributed by atoms with Crippen molar-refractivity contribution >= 4 is 11.6 Å². The number of hydrogen-bond donors (Lipinski definition) is 2. The molecule has 2 N–H and O–H groups in total. The van der Waals surface area contributed by atoms with Crippen LogP contribution < -0.4 is 10.6 Å². The van der Waals surface area contributed by atoms with Crippen molar-refractivity contribution in [3.05, 3.63) is 29.8 Å². The van der Waals surface area contributed by atoms with Gasteiger partial charge in [-0.25, -0.2) is 0 Å². The standard InChI is InChI=1S/C14H22N2O/c1-3-5-6-11-16-13-9-7-12(8-10-13)14(17)15-4-2/h7-10,16H,3-6,11H2,1-2H3,(H,15,17). The van der Waals surface area contributed by atoms with Crippen LogP contribution in [0.25, 0.3) is 0 Å². The molecule has 0 unspecified atom stereocenters. The summed E-state index contributed by atoms with van der Waals surface area (Å²) >= 11 is 0. The van der Waals surface area contributed by atoms with Gasteiger partial charge < -0.3 is 10.6 Å². The van der Waals surface area contributed by atoms with Gasteiger partial charge in [0.05, 0.1) is 0 Å². The highest BCUT2D eigenvalue weighted by Crippen LogP contribution is 2.09. The first-order valence-corrected chi connectivity index (χ1v) is 6.40. The van der Waals surface area contributed by atoms with Crippen LogP contribution in [0.2, 0.25) is 0 Å². The van der Waals surface area contributed by atoms with Gasteiger partial charge in [-0.2, -0.15) is 0 Å². The summed E-state index contributed by atoms with van der Waals surface area (Å²) in [5.74, 6) is -0.00923. The first-order valence-electron chi connectivity index (χ1n) is 6.40. The minimum absolute atomic E-state index is 0.00923. The van der Waals surface area contributed by atoms with E-state index < -0.39 is 0 Å². The zero-order valence-electron chi connectivity index (χ0n) is 10.8. The summed E-state index contributed by atoms with van der Waals surface area (Å²) in [4.78, 5) is 11.5. The normalized spacial score (nSPS) is 10.0. The summed E-state index contributed by atoms with van der Waals surface area (Å²) in [5.41, 5.74) is 1.79. The van der Waals surface area contributed by atoms with Crippen LogP contribution in [-0.2, 0) is 0 Å². The fourth-order valence-electron chi connectivity index (χ4n) is 1.61. The van der Waals surface area contributed by atoms with Crippen LogP contribution in [0.5, 0.6) is 0 Å². The van der Waals surface area contributed by atoms with Crippen molar-refractivity contribution in [2.24, 2.45) is 0 Å². The van der Waals surface area contributed by atoms with Crippen LogP contribution in [0, 0.1) is 0 Å². The second-order valence-electron chi connectivity index (χ2n) is 4.07. The molecule has 3 heteroatoms. The van der Waals surface area contributed by atoms with E-state index in [-0.39, 0.29) is 5.91 Å². The van der Waals surface area contributed by atoms with E-state index in [1.165, 1.54) is 19.3 Å². The van der Waals surface area contributed by atoms with Crippen molar-refractivity contribution in [1.29, 1.82) is 0 Å². The molecule has 3 nitrogen and oxygen atoms in total. The molecule has 1 amide bonds. The van der Waals surface area contributed by atoms with Gasteiger partial charge in [-0.05, 0) is 37.6 Å². The first-order chi connectivity index (χ1) is 8.27. The van der Waals surface area contributed by atoms with E-state index in [1.54, 1.807) is 0 Å². The van der Waals surface area contributed by atoms with Gasteiger partial charge in [-0.15, -0.1) is 0 Å². The minimum atomic E-state index is -0.00923. The summed E-state index contributed by atoms with van der Waals surface area (Å²) in [5, 5.41) is 6.13. The molecule has 17 heavy (non-hydrogen) atoms. The van der Waals surface area contributed by atoms with E-state index in [0.717, 1.165) is 12.2 Å². The molecule has 0 aromatic heterocycles. The third kappa shape index (κ3) is 4.89. The number of nitrogens with one attached hydrogen (secondary N) is 2. The predicted octanol–water partition coefficient (Wildman–Crippen LogP) is 3.04. The van der Waals surface area contributed by atoms with Crippen LogP contribution in [0.3, 0.4) is 0 Å². The summed E-state index contributed by atoms with van der Waals surface area (Å²) in [6.07, 6.45) is 3.68. The number of unbranched alkanes of at least 4 members (excludes halogenated alkanes) is 2. The Labute approximate surface area is 104 Å². The molecule has 0 bridgehead atoms. The number of benzene rings is 1. The zero-order valence-corrected chi connectivity index (χ0v) is 10.8. The van der Waals surface area contributed by atoms with Crippen molar-refractivity contribution in [2.45, 2.75) is 33.1 Å². The maximum atomic E-state index is 11.5. The third-order valence-electron chi connectivity index (χ3n) is 2.59. The van der Waals surface area contributed by atoms with Crippen LogP contribution >= 0.6 is 0 Å². The number of amides is 1. The fraction of sp³-hybridized carbons (Fsp3) is 0.500. The summed E-state index contributed by atoms with van der Waals surface area (Å²) in [6, 6.07) is 7.62. The van der Waals surface area contributed by atoms with E-state index >= 15 is 0 Å². The van der Waals surface area contributed by atoms with Crippen LogP contribution in [0.15, 0.2) is 24.3 Å². The minimum Gasteiger partial charge on any atom is -0.385 e. The molecule has 0 aliphatic heterocycles. The first kappa shape index (κ1) is 13.6. The van der Waals surface area contributed by atoms with Gasteiger partial charge in [-0.1, -0.05) is 19.8 Å². The van der Waals surface area contributed by atoms with Crippen LogP contribution in [0.4, 0.5) is 5.69 Å². The van der Waals surface area contributed by atoms with E-state index in [2.05, 4.69) is 17.6 Å². The van der Waals surface area contributed by atoms with Crippen LogP contribution in [-0.4, -0.2) is 19.0 Å². The fourth-order valence-corrected chi connectivity index (χ4v) is 1.61. The topological polar surface area (TPSA) is 41.1 Å². The lowest BCUT2D eigenvalue weighted by molar-refractivity contribution is 0.0956. The number of carbonyl (C=O) groups is 1. The predicted molar refractivity (Wildman–Crippen MR) is 72.5 cm³/mol. The molecule has 0 atom stereocenters. The molecule has 1 rings (SSSR count). The second-order valence-corrected chi connectivity index (χ2v) is 4.07. The molecule has 0 fully saturated rings. The maximum Gasteiger partial charge on any atom is 0.251 e. The quantitative estimate of drug-likeness (QED) is 0.712. The summed E-state index contributed by atoms with van der Waals surface area (Å²) in [7, 11) is 0. The molecule has 0 spiro atoms. The van der Waals surface area contributed by atoms with Crippen molar-refractivity contribution in [3.63, 3.8) is 0 Å². The van der Waals surface area contributed by atoms with Crippen LogP contribution in [0.1, 0.15) is 43.5 Å². The Morgan fingerprint density at radius 3 is 2.41 bits per heavy atom. The SMILES string of the molecule is CCCCCNc1ccc(C(=O)NCC)cc1. The zero-order chi connectivity index (χ0) is 12.5. The van der Waals surface area contributed by atoms with Gasteiger partial charge in [0, 0.05) is 24.3 Å². The number of anilines is 1. The van der Waals surface area contributed by atoms with Gasteiger partial charge in [-0.3, -0.25) is 4.79 Å². The van der Waals surface area contributed by atoms with E-state index in [9.17, 15) is 4.79 Å². The monoisotopic (exact) mass is 234 g/mol. The van der Waals surface area contributed by atoms with Gasteiger partial charge in [0.25, 0.3) is 5.91 Å². The Kier molecular flexibility index (Phi) is 6.15. The lowest BCUT2D eigenvalue weighted by Gasteiger charge is -2.07. The molecule has 0 saturated carbocycles. The van der Waals surface area contributed by atoms with E-state index in [0.29, 0.717) is 12.1 Å². The van der Waals surface area contributed by atoms with Crippen molar-refractivity contribution in [2.75, 3.05) is 18.4 Å². The number of hydrogen-bond acceptors (Lipinski definition) is 2.